The van der Waals surface area contributed by atoms with Crippen molar-refractivity contribution in [2.75, 3.05) is 0 Å². The highest BCUT2D eigenvalue weighted by atomic mass is 79.9. The Hall–Kier alpha value is -0.830. The van der Waals surface area contributed by atoms with E-state index in [-0.39, 0.29) is 11.9 Å². The Morgan fingerprint density at radius 1 is 1.12 bits per heavy atom. The van der Waals surface area contributed by atoms with E-state index in [1.807, 2.05) is 24.3 Å². The Morgan fingerprint density at radius 3 is 2.12 bits per heavy atom. The van der Waals surface area contributed by atoms with Crippen LogP contribution in [0, 0.1) is 11.8 Å². The summed E-state index contributed by atoms with van der Waals surface area (Å²) >= 11 is 3.40. The minimum absolute atomic E-state index is 0.00937. The number of amides is 1. The van der Waals surface area contributed by atoms with E-state index in [0.717, 1.165) is 4.47 Å². The third kappa shape index (κ3) is 3.84. The van der Waals surface area contributed by atoms with Crippen LogP contribution in [-0.2, 0) is 0 Å². The molecule has 0 fully saturated rings. The standard InChI is InChI=1S/C14H20BrNO/c1-9(2)13(10(3)4)16-14(17)11-7-5-6-8-12(11)15/h5-10,13H,1-4H3,(H,16,17). The van der Waals surface area contributed by atoms with Gasteiger partial charge in [0.1, 0.15) is 0 Å². The van der Waals surface area contributed by atoms with Gasteiger partial charge in [0.2, 0.25) is 0 Å². The number of benzene rings is 1. The van der Waals surface area contributed by atoms with Gasteiger partial charge in [0.05, 0.1) is 5.56 Å². The van der Waals surface area contributed by atoms with Crippen LogP contribution in [0.15, 0.2) is 28.7 Å². The van der Waals surface area contributed by atoms with E-state index in [4.69, 9.17) is 0 Å². The summed E-state index contributed by atoms with van der Waals surface area (Å²) in [6, 6.07) is 7.70. The fraction of sp³-hybridized carbons (Fsp3) is 0.500. The number of halogens is 1. The van der Waals surface area contributed by atoms with Gasteiger partial charge < -0.3 is 5.32 Å². The van der Waals surface area contributed by atoms with E-state index < -0.39 is 0 Å². The second-order valence-electron chi connectivity index (χ2n) is 4.97. The van der Waals surface area contributed by atoms with Gasteiger partial charge in [-0.1, -0.05) is 39.8 Å². The van der Waals surface area contributed by atoms with E-state index in [2.05, 4.69) is 48.9 Å². The van der Waals surface area contributed by atoms with Gasteiger partial charge in [-0.15, -0.1) is 0 Å². The zero-order chi connectivity index (χ0) is 13.0. The van der Waals surface area contributed by atoms with Gasteiger partial charge in [-0.25, -0.2) is 0 Å². The lowest BCUT2D eigenvalue weighted by atomic mass is 9.93. The lowest BCUT2D eigenvalue weighted by molar-refractivity contribution is 0.0909. The first-order chi connectivity index (χ1) is 7.93. The number of carbonyl (C=O) groups excluding carboxylic acids is 1. The monoisotopic (exact) mass is 297 g/mol. The third-order valence-electron chi connectivity index (χ3n) is 2.85. The van der Waals surface area contributed by atoms with Crippen molar-refractivity contribution in [3.05, 3.63) is 34.3 Å². The van der Waals surface area contributed by atoms with E-state index in [0.29, 0.717) is 17.4 Å². The van der Waals surface area contributed by atoms with Crippen LogP contribution in [0.4, 0.5) is 0 Å². The molecule has 94 valence electrons. The average Bonchev–Trinajstić information content (AvgIpc) is 2.25. The molecule has 0 spiro atoms. The normalized spacial score (nSPS) is 11.3. The largest absolute Gasteiger partial charge is 0.349 e. The maximum atomic E-state index is 12.1. The maximum Gasteiger partial charge on any atom is 0.252 e. The maximum absolute atomic E-state index is 12.1. The summed E-state index contributed by atoms with van der Waals surface area (Å²) in [6.45, 7) is 8.52. The van der Waals surface area contributed by atoms with E-state index in [1.165, 1.54) is 0 Å². The number of carbonyl (C=O) groups is 1. The van der Waals surface area contributed by atoms with Crippen LogP contribution in [0.2, 0.25) is 0 Å². The van der Waals surface area contributed by atoms with Crippen LogP contribution in [0.25, 0.3) is 0 Å². The zero-order valence-corrected chi connectivity index (χ0v) is 12.4. The van der Waals surface area contributed by atoms with E-state index >= 15 is 0 Å². The molecule has 1 N–H and O–H groups in total. The van der Waals surface area contributed by atoms with Crippen molar-refractivity contribution in [3.8, 4) is 0 Å². The Labute approximate surface area is 112 Å². The molecular weight excluding hydrogens is 278 g/mol. The molecule has 17 heavy (non-hydrogen) atoms. The lowest BCUT2D eigenvalue weighted by Gasteiger charge is -2.26. The molecule has 0 aliphatic carbocycles. The molecule has 1 aromatic rings. The Balaban J connectivity index is 2.82. The van der Waals surface area contributed by atoms with Crippen LogP contribution in [-0.4, -0.2) is 11.9 Å². The summed E-state index contributed by atoms with van der Waals surface area (Å²) in [5, 5.41) is 3.10. The number of rotatable bonds is 4. The summed E-state index contributed by atoms with van der Waals surface area (Å²) in [6.07, 6.45) is 0. The van der Waals surface area contributed by atoms with Crippen molar-refractivity contribution in [2.24, 2.45) is 11.8 Å². The summed E-state index contributed by atoms with van der Waals surface area (Å²) in [4.78, 5) is 12.1. The van der Waals surface area contributed by atoms with Gasteiger partial charge in [0.15, 0.2) is 0 Å². The van der Waals surface area contributed by atoms with Crippen LogP contribution in [0.1, 0.15) is 38.1 Å². The summed E-state index contributed by atoms with van der Waals surface area (Å²) < 4.78 is 0.837. The number of hydrogen-bond donors (Lipinski definition) is 1. The van der Waals surface area contributed by atoms with Gasteiger partial charge in [0.25, 0.3) is 5.91 Å². The first-order valence-corrected chi connectivity index (χ1v) is 6.78. The van der Waals surface area contributed by atoms with Crippen LogP contribution >= 0.6 is 15.9 Å². The van der Waals surface area contributed by atoms with Crippen molar-refractivity contribution < 1.29 is 4.79 Å². The summed E-state index contributed by atoms with van der Waals surface area (Å²) in [7, 11) is 0. The Kier molecular flexibility index (Phi) is 5.19. The third-order valence-corrected chi connectivity index (χ3v) is 3.54. The smallest absolute Gasteiger partial charge is 0.252 e. The van der Waals surface area contributed by atoms with Crippen LogP contribution in [0.3, 0.4) is 0 Å². The molecule has 1 aromatic carbocycles. The van der Waals surface area contributed by atoms with Gasteiger partial charge in [-0.05, 0) is 39.9 Å². The van der Waals surface area contributed by atoms with Crippen molar-refractivity contribution >= 4 is 21.8 Å². The van der Waals surface area contributed by atoms with Crippen molar-refractivity contribution in [3.63, 3.8) is 0 Å². The molecule has 0 bridgehead atoms. The zero-order valence-electron chi connectivity index (χ0n) is 10.8. The highest BCUT2D eigenvalue weighted by molar-refractivity contribution is 9.10. The molecule has 0 radical (unpaired) electrons. The SMILES string of the molecule is CC(C)C(NC(=O)c1ccccc1Br)C(C)C. The van der Waals surface area contributed by atoms with Crippen LogP contribution in [0.5, 0.6) is 0 Å². The molecule has 2 nitrogen and oxygen atoms in total. The molecule has 1 amide bonds. The molecule has 1 rings (SSSR count). The Bertz CT molecular complexity index is 380. The van der Waals surface area contributed by atoms with Crippen molar-refractivity contribution in [1.29, 1.82) is 0 Å². The first-order valence-electron chi connectivity index (χ1n) is 5.99. The average molecular weight is 298 g/mol. The van der Waals surface area contributed by atoms with Gasteiger partial charge in [-0.3, -0.25) is 4.79 Å². The molecule has 0 unspecified atom stereocenters. The molecular formula is C14H20BrNO. The molecule has 0 aromatic heterocycles. The summed E-state index contributed by atoms with van der Waals surface area (Å²) in [5.74, 6) is 0.854. The van der Waals surface area contributed by atoms with Crippen LogP contribution < -0.4 is 5.32 Å². The molecule has 0 aliphatic heterocycles. The second-order valence-corrected chi connectivity index (χ2v) is 5.82. The highest BCUT2D eigenvalue weighted by Gasteiger charge is 2.21. The van der Waals surface area contributed by atoms with Gasteiger partial charge in [-0.2, -0.15) is 0 Å². The fourth-order valence-corrected chi connectivity index (χ4v) is 2.44. The minimum atomic E-state index is -0.00937. The van der Waals surface area contributed by atoms with Crippen molar-refractivity contribution in [1.82, 2.24) is 5.32 Å². The molecule has 0 aliphatic rings. The van der Waals surface area contributed by atoms with Gasteiger partial charge in [0, 0.05) is 10.5 Å². The summed E-state index contributed by atoms with van der Waals surface area (Å²) in [5.41, 5.74) is 0.693. The van der Waals surface area contributed by atoms with Gasteiger partial charge >= 0.3 is 0 Å². The lowest BCUT2D eigenvalue weighted by Crippen LogP contribution is -2.42. The molecule has 3 heteroatoms. The molecule has 0 saturated carbocycles. The minimum Gasteiger partial charge on any atom is -0.349 e. The second kappa shape index (κ2) is 6.20. The topological polar surface area (TPSA) is 29.1 Å². The number of hydrogen-bond acceptors (Lipinski definition) is 1. The predicted octanol–water partition coefficient (Wildman–Crippen LogP) is 3.86. The fourth-order valence-electron chi connectivity index (χ4n) is 1.98. The van der Waals surface area contributed by atoms with E-state index in [1.54, 1.807) is 0 Å². The first kappa shape index (κ1) is 14.2. The number of nitrogens with one attached hydrogen (secondary N) is 1. The molecule has 0 saturated heterocycles. The molecule has 0 atom stereocenters. The van der Waals surface area contributed by atoms with E-state index in [9.17, 15) is 4.79 Å². The quantitative estimate of drug-likeness (QED) is 0.898. The highest BCUT2D eigenvalue weighted by Crippen LogP contribution is 2.18. The molecule has 0 heterocycles. The van der Waals surface area contributed by atoms with Crippen molar-refractivity contribution in [2.45, 2.75) is 33.7 Å². The Morgan fingerprint density at radius 2 is 1.65 bits per heavy atom. The predicted molar refractivity (Wildman–Crippen MR) is 75.1 cm³/mol.